The van der Waals surface area contributed by atoms with Gasteiger partial charge in [-0.2, -0.15) is 0 Å². The van der Waals surface area contributed by atoms with Crippen molar-refractivity contribution in [2.45, 2.75) is 26.2 Å². The molecule has 1 nitrogen and oxygen atoms in total. The normalized spacial score (nSPS) is 10.3. The number of benzene rings is 2. The number of nitrogens with one attached hydrogen (secondary N) is 1. The maximum Gasteiger partial charge on any atom is 0.110 e. The third-order valence-corrected chi connectivity index (χ3v) is 3.73. The highest BCUT2D eigenvalue weighted by molar-refractivity contribution is 7.81. The van der Waals surface area contributed by atoms with E-state index < -0.39 is 0 Å². The molecular weight excluding hydrogens is 286 g/mol. The minimum atomic E-state index is 0.711. The van der Waals surface area contributed by atoms with Crippen LogP contribution in [0.3, 0.4) is 0 Å². The Hall–Kier alpha value is -1.38. The van der Waals surface area contributed by atoms with Crippen molar-refractivity contribution in [1.29, 1.82) is 0 Å². The Bertz CT molecular complexity index is 561. The van der Waals surface area contributed by atoms with E-state index in [4.69, 9.17) is 23.8 Å². The van der Waals surface area contributed by atoms with Gasteiger partial charge in [0.2, 0.25) is 0 Å². The summed E-state index contributed by atoms with van der Waals surface area (Å²) in [4.78, 5) is 0.711. The van der Waals surface area contributed by atoms with Gasteiger partial charge in [-0.15, -0.1) is 0 Å². The Balaban J connectivity index is 1.99. The van der Waals surface area contributed by atoms with Gasteiger partial charge in [0.1, 0.15) is 4.99 Å². The lowest BCUT2D eigenvalue weighted by Crippen LogP contribution is -2.10. The second-order valence-electron chi connectivity index (χ2n) is 4.76. The number of aryl methyl sites for hydroxylation is 1. The Morgan fingerprint density at radius 2 is 1.70 bits per heavy atom. The molecule has 0 aromatic heterocycles. The molecule has 0 aliphatic rings. The molecule has 2 aromatic carbocycles. The molecule has 0 saturated heterocycles. The highest BCUT2D eigenvalue weighted by Gasteiger charge is 2.02. The fourth-order valence-corrected chi connectivity index (χ4v) is 2.32. The van der Waals surface area contributed by atoms with Gasteiger partial charge in [-0.25, -0.2) is 0 Å². The zero-order valence-electron chi connectivity index (χ0n) is 11.5. The number of hydrogen-bond acceptors (Lipinski definition) is 1. The maximum atomic E-state index is 5.87. The Morgan fingerprint density at radius 1 is 1.05 bits per heavy atom. The molecule has 0 aliphatic carbocycles. The first-order valence-corrected chi connectivity index (χ1v) is 7.63. The van der Waals surface area contributed by atoms with Crippen LogP contribution >= 0.6 is 23.8 Å². The van der Waals surface area contributed by atoms with Crippen molar-refractivity contribution >= 4 is 34.5 Å². The van der Waals surface area contributed by atoms with E-state index in [2.05, 4.69) is 36.5 Å². The van der Waals surface area contributed by atoms with E-state index in [1.54, 1.807) is 0 Å². The van der Waals surface area contributed by atoms with Gasteiger partial charge in [0.25, 0.3) is 0 Å². The summed E-state index contributed by atoms with van der Waals surface area (Å²) in [5.74, 6) is 0. The van der Waals surface area contributed by atoms with E-state index in [1.807, 2.05) is 24.3 Å². The molecule has 2 rings (SSSR count). The van der Waals surface area contributed by atoms with Crippen LogP contribution in [0.15, 0.2) is 48.5 Å². The Labute approximate surface area is 131 Å². The summed E-state index contributed by atoms with van der Waals surface area (Å²) in [5, 5.41) is 3.97. The van der Waals surface area contributed by atoms with Gasteiger partial charge in [0.05, 0.1) is 0 Å². The third-order valence-electron chi connectivity index (χ3n) is 3.14. The predicted octanol–water partition coefficient (Wildman–Crippen LogP) is 5.47. The lowest BCUT2D eigenvalue weighted by atomic mass is 10.1. The second-order valence-corrected chi connectivity index (χ2v) is 5.61. The zero-order valence-corrected chi connectivity index (χ0v) is 13.1. The number of rotatable bonds is 5. The van der Waals surface area contributed by atoms with E-state index in [0.717, 1.165) is 22.7 Å². The monoisotopic (exact) mass is 303 g/mol. The fraction of sp³-hybridized carbons (Fsp3) is 0.235. The molecule has 0 radical (unpaired) electrons. The largest absolute Gasteiger partial charge is 0.346 e. The predicted molar refractivity (Wildman–Crippen MR) is 91.8 cm³/mol. The number of thiocarbonyl (C=S) groups is 1. The first-order valence-electron chi connectivity index (χ1n) is 6.85. The number of hydrogen-bond donors (Lipinski definition) is 1. The third kappa shape index (κ3) is 4.32. The van der Waals surface area contributed by atoms with Crippen LogP contribution in [0.2, 0.25) is 5.02 Å². The standard InChI is InChI=1S/C17H18ClNS/c1-2-3-4-13-5-11-16(12-6-13)19-17(20)14-7-9-15(18)10-8-14/h5-12H,2-4H2,1H3,(H,19,20). The summed E-state index contributed by atoms with van der Waals surface area (Å²) >= 11 is 11.3. The van der Waals surface area contributed by atoms with Crippen LogP contribution in [0.1, 0.15) is 30.9 Å². The van der Waals surface area contributed by atoms with Crippen LogP contribution in [-0.4, -0.2) is 4.99 Å². The van der Waals surface area contributed by atoms with Gasteiger partial charge >= 0.3 is 0 Å². The van der Waals surface area contributed by atoms with Crippen LogP contribution in [0, 0.1) is 0 Å². The maximum absolute atomic E-state index is 5.87. The number of anilines is 1. The summed E-state index contributed by atoms with van der Waals surface area (Å²) in [6.45, 7) is 2.21. The molecule has 0 unspecified atom stereocenters. The molecule has 0 heterocycles. The molecule has 3 heteroatoms. The molecular formula is C17H18ClNS. The van der Waals surface area contributed by atoms with Crippen molar-refractivity contribution in [1.82, 2.24) is 0 Å². The minimum absolute atomic E-state index is 0.711. The van der Waals surface area contributed by atoms with Crippen molar-refractivity contribution in [2.75, 3.05) is 5.32 Å². The molecule has 0 aliphatic heterocycles. The molecule has 0 atom stereocenters. The van der Waals surface area contributed by atoms with Gasteiger partial charge in [0, 0.05) is 16.3 Å². The summed E-state index contributed by atoms with van der Waals surface area (Å²) in [6, 6.07) is 16.0. The van der Waals surface area contributed by atoms with Gasteiger partial charge in [-0.05, 0) is 42.7 Å². The SMILES string of the molecule is CCCCc1ccc(NC(=S)c2ccc(Cl)cc2)cc1. The van der Waals surface area contributed by atoms with Gasteiger partial charge < -0.3 is 5.32 Å². The van der Waals surface area contributed by atoms with Crippen LogP contribution in [-0.2, 0) is 6.42 Å². The van der Waals surface area contributed by atoms with Gasteiger partial charge in [-0.1, -0.05) is 61.4 Å². The topological polar surface area (TPSA) is 12.0 Å². The van der Waals surface area contributed by atoms with Crippen molar-refractivity contribution in [2.24, 2.45) is 0 Å². The fourth-order valence-electron chi connectivity index (χ4n) is 1.94. The quantitative estimate of drug-likeness (QED) is 0.735. The number of halogens is 1. The smallest absolute Gasteiger partial charge is 0.110 e. The molecule has 0 saturated carbocycles. The minimum Gasteiger partial charge on any atom is -0.346 e. The summed E-state index contributed by atoms with van der Waals surface area (Å²) in [6.07, 6.45) is 3.59. The first kappa shape index (κ1) is 15.0. The van der Waals surface area contributed by atoms with Crippen molar-refractivity contribution in [3.05, 3.63) is 64.7 Å². The summed E-state index contributed by atoms with van der Waals surface area (Å²) < 4.78 is 0. The average Bonchev–Trinajstić information content (AvgIpc) is 2.47. The number of unbranched alkanes of at least 4 members (excludes halogenated alkanes) is 1. The lowest BCUT2D eigenvalue weighted by molar-refractivity contribution is 0.795. The first-order chi connectivity index (χ1) is 9.69. The molecule has 2 aromatic rings. The van der Waals surface area contributed by atoms with E-state index >= 15 is 0 Å². The van der Waals surface area contributed by atoms with E-state index in [9.17, 15) is 0 Å². The molecule has 0 fully saturated rings. The molecule has 104 valence electrons. The molecule has 1 N–H and O–H groups in total. The van der Waals surface area contributed by atoms with Crippen LogP contribution in [0.25, 0.3) is 0 Å². The second kappa shape index (κ2) is 7.41. The molecule has 20 heavy (non-hydrogen) atoms. The summed E-state index contributed by atoms with van der Waals surface area (Å²) in [7, 11) is 0. The highest BCUT2D eigenvalue weighted by Crippen LogP contribution is 2.15. The molecule has 0 amide bonds. The van der Waals surface area contributed by atoms with Crippen LogP contribution < -0.4 is 5.32 Å². The lowest BCUT2D eigenvalue weighted by Gasteiger charge is -2.09. The van der Waals surface area contributed by atoms with Crippen molar-refractivity contribution < 1.29 is 0 Å². The van der Waals surface area contributed by atoms with Gasteiger partial charge in [0.15, 0.2) is 0 Å². The zero-order chi connectivity index (χ0) is 14.4. The van der Waals surface area contributed by atoms with E-state index in [1.165, 1.54) is 18.4 Å². The average molecular weight is 304 g/mol. The summed E-state index contributed by atoms with van der Waals surface area (Å²) in [5.41, 5.74) is 3.36. The Morgan fingerprint density at radius 3 is 2.30 bits per heavy atom. The molecule has 0 spiro atoms. The van der Waals surface area contributed by atoms with Gasteiger partial charge in [-0.3, -0.25) is 0 Å². The van der Waals surface area contributed by atoms with E-state index in [-0.39, 0.29) is 0 Å². The van der Waals surface area contributed by atoms with E-state index in [0.29, 0.717) is 4.99 Å². The van der Waals surface area contributed by atoms with Crippen molar-refractivity contribution in [3.8, 4) is 0 Å². The van der Waals surface area contributed by atoms with Crippen LogP contribution in [0.4, 0.5) is 5.69 Å². The Kier molecular flexibility index (Phi) is 5.57. The highest BCUT2D eigenvalue weighted by atomic mass is 35.5. The van der Waals surface area contributed by atoms with Crippen LogP contribution in [0.5, 0.6) is 0 Å². The van der Waals surface area contributed by atoms with Crippen molar-refractivity contribution in [3.63, 3.8) is 0 Å². The molecule has 0 bridgehead atoms.